The van der Waals surface area contributed by atoms with Gasteiger partial charge < -0.3 is 10.4 Å². The van der Waals surface area contributed by atoms with Crippen molar-refractivity contribution in [3.8, 4) is 0 Å². The lowest BCUT2D eigenvalue weighted by molar-refractivity contribution is -0.141. The molecular formula is C15H23NO2. The summed E-state index contributed by atoms with van der Waals surface area (Å²) in [6.07, 6.45) is 2.68. The Kier molecular flexibility index (Phi) is 6.44. The van der Waals surface area contributed by atoms with Crippen molar-refractivity contribution in [1.82, 2.24) is 5.32 Å². The molecule has 0 fully saturated rings. The summed E-state index contributed by atoms with van der Waals surface area (Å²) in [5, 5.41) is 12.1. The monoisotopic (exact) mass is 249 g/mol. The standard InChI is InChI=1S/C15H23NO2/c1-3-12-5-7-13(8-6-12)9-10-16-11-14(4-2)15(17)18/h5-8,14,16H,3-4,9-11H2,1-2H3,(H,17,18). The number of hydrogen-bond acceptors (Lipinski definition) is 2. The van der Waals surface area contributed by atoms with E-state index in [4.69, 9.17) is 5.11 Å². The molecule has 0 aliphatic rings. The van der Waals surface area contributed by atoms with Crippen LogP contribution in [0.2, 0.25) is 0 Å². The fourth-order valence-electron chi connectivity index (χ4n) is 1.86. The van der Waals surface area contributed by atoms with E-state index < -0.39 is 5.97 Å². The van der Waals surface area contributed by atoms with Gasteiger partial charge in [0.1, 0.15) is 0 Å². The number of aryl methyl sites for hydroxylation is 1. The summed E-state index contributed by atoms with van der Waals surface area (Å²) >= 11 is 0. The van der Waals surface area contributed by atoms with Crippen molar-refractivity contribution >= 4 is 5.97 Å². The van der Waals surface area contributed by atoms with Gasteiger partial charge in [0.15, 0.2) is 0 Å². The van der Waals surface area contributed by atoms with Crippen LogP contribution >= 0.6 is 0 Å². The number of nitrogens with one attached hydrogen (secondary N) is 1. The van der Waals surface area contributed by atoms with Crippen LogP contribution in [0, 0.1) is 5.92 Å². The van der Waals surface area contributed by atoms with Crippen molar-refractivity contribution in [2.45, 2.75) is 33.1 Å². The molecule has 0 aromatic heterocycles. The Hall–Kier alpha value is -1.35. The fraction of sp³-hybridized carbons (Fsp3) is 0.533. The van der Waals surface area contributed by atoms with E-state index in [0.717, 1.165) is 19.4 Å². The van der Waals surface area contributed by atoms with E-state index in [0.29, 0.717) is 13.0 Å². The van der Waals surface area contributed by atoms with E-state index in [1.54, 1.807) is 0 Å². The molecule has 3 heteroatoms. The zero-order valence-electron chi connectivity index (χ0n) is 11.3. The van der Waals surface area contributed by atoms with E-state index in [1.807, 2.05) is 6.92 Å². The van der Waals surface area contributed by atoms with Crippen LogP contribution in [-0.4, -0.2) is 24.2 Å². The molecule has 0 bridgehead atoms. The zero-order chi connectivity index (χ0) is 13.4. The topological polar surface area (TPSA) is 49.3 Å². The first kappa shape index (κ1) is 14.7. The Balaban J connectivity index is 2.26. The molecule has 1 rings (SSSR count). The zero-order valence-corrected chi connectivity index (χ0v) is 11.3. The predicted molar refractivity (Wildman–Crippen MR) is 73.8 cm³/mol. The van der Waals surface area contributed by atoms with Gasteiger partial charge in [-0.15, -0.1) is 0 Å². The van der Waals surface area contributed by atoms with E-state index >= 15 is 0 Å². The van der Waals surface area contributed by atoms with Crippen molar-refractivity contribution in [3.05, 3.63) is 35.4 Å². The van der Waals surface area contributed by atoms with E-state index in [-0.39, 0.29) is 5.92 Å². The van der Waals surface area contributed by atoms with Gasteiger partial charge in [0, 0.05) is 6.54 Å². The largest absolute Gasteiger partial charge is 0.481 e. The molecule has 100 valence electrons. The number of aliphatic carboxylic acids is 1. The summed E-state index contributed by atoms with van der Waals surface area (Å²) in [5.41, 5.74) is 2.65. The molecule has 3 nitrogen and oxygen atoms in total. The summed E-state index contributed by atoms with van der Waals surface area (Å²) in [6.45, 7) is 5.44. The third-order valence-electron chi connectivity index (χ3n) is 3.25. The molecule has 0 amide bonds. The Bertz CT molecular complexity index is 359. The van der Waals surface area contributed by atoms with Gasteiger partial charge in [0.25, 0.3) is 0 Å². The van der Waals surface area contributed by atoms with Gasteiger partial charge in [-0.1, -0.05) is 38.1 Å². The Labute approximate surface area is 109 Å². The molecule has 0 aliphatic carbocycles. The smallest absolute Gasteiger partial charge is 0.307 e. The van der Waals surface area contributed by atoms with Crippen molar-refractivity contribution in [1.29, 1.82) is 0 Å². The Morgan fingerprint density at radius 3 is 2.33 bits per heavy atom. The molecule has 0 saturated carbocycles. The molecule has 18 heavy (non-hydrogen) atoms. The SMILES string of the molecule is CCc1ccc(CCNCC(CC)C(=O)O)cc1. The average molecular weight is 249 g/mol. The highest BCUT2D eigenvalue weighted by atomic mass is 16.4. The number of benzene rings is 1. The first-order valence-corrected chi connectivity index (χ1v) is 6.68. The normalized spacial score (nSPS) is 12.3. The third kappa shape index (κ3) is 4.88. The van der Waals surface area contributed by atoms with Crippen molar-refractivity contribution in [2.75, 3.05) is 13.1 Å². The van der Waals surface area contributed by atoms with Gasteiger partial charge in [-0.25, -0.2) is 0 Å². The van der Waals surface area contributed by atoms with E-state index in [9.17, 15) is 4.79 Å². The second-order valence-corrected chi connectivity index (χ2v) is 4.57. The number of carboxylic acid groups (broad SMARTS) is 1. The minimum absolute atomic E-state index is 0.271. The van der Waals surface area contributed by atoms with Gasteiger partial charge >= 0.3 is 5.97 Å². The number of carboxylic acids is 1. The summed E-state index contributed by atoms with van der Waals surface area (Å²) < 4.78 is 0. The van der Waals surface area contributed by atoms with Crippen LogP contribution < -0.4 is 5.32 Å². The highest BCUT2D eigenvalue weighted by molar-refractivity contribution is 5.70. The van der Waals surface area contributed by atoms with Crippen LogP contribution in [0.15, 0.2) is 24.3 Å². The molecule has 2 N–H and O–H groups in total. The maximum atomic E-state index is 10.8. The van der Waals surface area contributed by atoms with E-state index in [2.05, 4.69) is 36.5 Å². The van der Waals surface area contributed by atoms with Gasteiger partial charge in [0.05, 0.1) is 5.92 Å². The second-order valence-electron chi connectivity index (χ2n) is 4.57. The minimum atomic E-state index is -0.711. The minimum Gasteiger partial charge on any atom is -0.481 e. The molecule has 0 saturated heterocycles. The number of carbonyl (C=O) groups is 1. The summed E-state index contributed by atoms with van der Waals surface area (Å²) in [7, 11) is 0. The van der Waals surface area contributed by atoms with Gasteiger partial charge in [-0.05, 0) is 36.9 Å². The van der Waals surface area contributed by atoms with Crippen LogP contribution in [0.1, 0.15) is 31.4 Å². The van der Waals surface area contributed by atoms with Crippen LogP contribution in [0.4, 0.5) is 0 Å². The Morgan fingerprint density at radius 2 is 1.83 bits per heavy atom. The quantitative estimate of drug-likeness (QED) is 0.696. The molecule has 1 aromatic rings. The third-order valence-corrected chi connectivity index (χ3v) is 3.25. The molecule has 1 unspecified atom stereocenters. The number of hydrogen-bond donors (Lipinski definition) is 2. The van der Waals surface area contributed by atoms with Crippen molar-refractivity contribution < 1.29 is 9.90 Å². The van der Waals surface area contributed by atoms with Crippen LogP contribution in [0.25, 0.3) is 0 Å². The average Bonchev–Trinajstić information content (AvgIpc) is 2.39. The molecular weight excluding hydrogens is 226 g/mol. The van der Waals surface area contributed by atoms with Crippen LogP contribution in [-0.2, 0) is 17.6 Å². The van der Waals surface area contributed by atoms with Gasteiger partial charge in [-0.3, -0.25) is 4.79 Å². The highest BCUT2D eigenvalue weighted by Crippen LogP contribution is 2.05. The molecule has 0 heterocycles. The summed E-state index contributed by atoms with van der Waals surface area (Å²) in [4.78, 5) is 10.8. The second kappa shape index (κ2) is 7.88. The van der Waals surface area contributed by atoms with Gasteiger partial charge in [0.2, 0.25) is 0 Å². The fourth-order valence-corrected chi connectivity index (χ4v) is 1.86. The maximum absolute atomic E-state index is 10.8. The van der Waals surface area contributed by atoms with Crippen LogP contribution in [0.5, 0.6) is 0 Å². The lowest BCUT2D eigenvalue weighted by Crippen LogP contribution is -2.29. The molecule has 1 aromatic carbocycles. The van der Waals surface area contributed by atoms with Gasteiger partial charge in [-0.2, -0.15) is 0 Å². The lowest BCUT2D eigenvalue weighted by atomic mass is 10.1. The first-order chi connectivity index (χ1) is 8.67. The van der Waals surface area contributed by atoms with E-state index in [1.165, 1.54) is 11.1 Å². The van der Waals surface area contributed by atoms with Crippen LogP contribution in [0.3, 0.4) is 0 Å². The molecule has 0 aliphatic heterocycles. The maximum Gasteiger partial charge on any atom is 0.307 e. The molecule has 1 atom stereocenters. The summed E-state index contributed by atoms with van der Waals surface area (Å²) in [5.74, 6) is -0.982. The first-order valence-electron chi connectivity index (χ1n) is 6.68. The lowest BCUT2D eigenvalue weighted by Gasteiger charge is -2.11. The predicted octanol–water partition coefficient (Wildman–Crippen LogP) is 2.49. The van der Waals surface area contributed by atoms with Crippen molar-refractivity contribution in [2.24, 2.45) is 5.92 Å². The summed E-state index contributed by atoms with van der Waals surface area (Å²) in [6, 6.07) is 8.60. The Morgan fingerprint density at radius 1 is 1.22 bits per heavy atom. The molecule has 0 spiro atoms. The number of rotatable bonds is 8. The highest BCUT2D eigenvalue weighted by Gasteiger charge is 2.13. The molecule has 0 radical (unpaired) electrons. The van der Waals surface area contributed by atoms with Crippen molar-refractivity contribution in [3.63, 3.8) is 0 Å².